The molecule has 1 aliphatic rings. The van der Waals surface area contributed by atoms with Gasteiger partial charge in [-0.1, -0.05) is 18.7 Å². The molecule has 1 amide bonds. The van der Waals surface area contributed by atoms with Gasteiger partial charge in [-0.25, -0.2) is 4.39 Å². The Bertz CT molecular complexity index is 1320. The van der Waals surface area contributed by atoms with Gasteiger partial charge in [-0.05, 0) is 35.8 Å². The Morgan fingerprint density at radius 3 is 2.76 bits per heavy atom. The standard InChI is InChI=1S/C23H18F4N4OS/c1-4-19(32)31-10-14(20-12(2)17(8-28)33-18(20)11-31)13-6-5-7-16(24)21(13)15-9-30(3)29-22(15)23(25,26)27/h4-7,9,14H,1,10-11H2,2-3H3/t14-/m0/s1. The zero-order valence-corrected chi connectivity index (χ0v) is 18.5. The minimum Gasteiger partial charge on any atom is -0.333 e. The highest BCUT2D eigenvalue weighted by Crippen LogP contribution is 2.46. The van der Waals surface area contributed by atoms with E-state index < -0.39 is 23.6 Å². The Morgan fingerprint density at radius 1 is 1.39 bits per heavy atom. The van der Waals surface area contributed by atoms with Crippen LogP contribution in [0, 0.1) is 24.1 Å². The number of thiophene rings is 1. The van der Waals surface area contributed by atoms with E-state index in [2.05, 4.69) is 17.7 Å². The number of carbonyl (C=O) groups is 1. The average molecular weight is 474 g/mol. The van der Waals surface area contributed by atoms with Gasteiger partial charge in [0, 0.05) is 41.7 Å². The summed E-state index contributed by atoms with van der Waals surface area (Å²) in [5.74, 6) is -1.82. The van der Waals surface area contributed by atoms with Gasteiger partial charge in [0.1, 0.15) is 16.8 Å². The topological polar surface area (TPSA) is 61.9 Å². The number of nitrogens with zero attached hydrogens (tertiary/aromatic N) is 4. The van der Waals surface area contributed by atoms with Crippen molar-refractivity contribution in [1.82, 2.24) is 14.7 Å². The number of alkyl halides is 3. The maximum Gasteiger partial charge on any atom is 0.435 e. The van der Waals surface area contributed by atoms with Crippen LogP contribution >= 0.6 is 11.3 Å². The van der Waals surface area contributed by atoms with Crippen LogP contribution in [-0.4, -0.2) is 27.1 Å². The zero-order valence-electron chi connectivity index (χ0n) is 17.7. The number of aryl methyl sites for hydroxylation is 1. The number of halogens is 4. The first-order chi connectivity index (χ1) is 15.6. The Kier molecular flexibility index (Phi) is 5.62. The van der Waals surface area contributed by atoms with Gasteiger partial charge < -0.3 is 4.90 Å². The molecule has 1 aromatic carbocycles. The highest BCUT2D eigenvalue weighted by Gasteiger charge is 2.40. The summed E-state index contributed by atoms with van der Waals surface area (Å²) in [5.41, 5.74) is -0.0569. The average Bonchev–Trinajstić information content (AvgIpc) is 3.32. The van der Waals surface area contributed by atoms with E-state index in [0.29, 0.717) is 16.0 Å². The van der Waals surface area contributed by atoms with E-state index in [4.69, 9.17) is 0 Å². The van der Waals surface area contributed by atoms with Crippen LogP contribution in [0.1, 0.15) is 38.1 Å². The third kappa shape index (κ3) is 3.82. The lowest BCUT2D eigenvalue weighted by Gasteiger charge is -2.34. The first-order valence-corrected chi connectivity index (χ1v) is 10.7. The maximum atomic E-state index is 15.2. The van der Waals surface area contributed by atoms with Crippen molar-refractivity contribution in [1.29, 1.82) is 5.26 Å². The van der Waals surface area contributed by atoms with Crippen LogP contribution in [0.15, 0.2) is 37.1 Å². The molecule has 5 nitrogen and oxygen atoms in total. The SMILES string of the molecule is C=CC(=O)N1Cc2sc(C#N)c(C)c2[C@H](c2cccc(F)c2-c2cn(C)nc2C(F)(F)F)C1. The van der Waals surface area contributed by atoms with Crippen molar-refractivity contribution in [2.45, 2.75) is 25.6 Å². The Hall–Kier alpha value is -3.45. The molecule has 10 heteroatoms. The molecule has 33 heavy (non-hydrogen) atoms. The predicted molar refractivity (Wildman–Crippen MR) is 115 cm³/mol. The van der Waals surface area contributed by atoms with Gasteiger partial charge in [-0.2, -0.15) is 23.5 Å². The number of amides is 1. The first kappa shape index (κ1) is 22.7. The number of fused-ring (bicyclic) bond motifs is 1. The molecule has 3 heterocycles. The summed E-state index contributed by atoms with van der Waals surface area (Å²) in [7, 11) is 1.34. The highest BCUT2D eigenvalue weighted by molar-refractivity contribution is 7.12. The Labute approximate surface area is 191 Å². The van der Waals surface area contributed by atoms with Gasteiger partial charge in [0.2, 0.25) is 5.91 Å². The molecule has 2 aromatic heterocycles. The molecule has 0 radical (unpaired) electrons. The maximum absolute atomic E-state index is 15.2. The fourth-order valence-corrected chi connectivity index (χ4v) is 5.54. The van der Waals surface area contributed by atoms with Crippen LogP contribution in [0.2, 0.25) is 0 Å². The summed E-state index contributed by atoms with van der Waals surface area (Å²) >= 11 is 1.23. The summed E-state index contributed by atoms with van der Waals surface area (Å²) in [5, 5.41) is 13.0. The molecule has 0 aliphatic carbocycles. The molecule has 1 aliphatic heterocycles. The zero-order chi connectivity index (χ0) is 24.1. The minimum atomic E-state index is -4.79. The van der Waals surface area contributed by atoms with Gasteiger partial charge in [-0.15, -0.1) is 11.3 Å². The van der Waals surface area contributed by atoms with E-state index in [-0.39, 0.29) is 30.1 Å². The number of hydrogen-bond donors (Lipinski definition) is 0. The van der Waals surface area contributed by atoms with Crippen molar-refractivity contribution >= 4 is 17.2 Å². The number of aromatic nitrogens is 2. The summed E-state index contributed by atoms with van der Waals surface area (Å²) in [6.45, 7) is 5.63. The fourth-order valence-electron chi connectivity index (χ4n) is 4.36. The van der Waals surface area contributed by atoms with E-state index in [0.717, 1.165) is 33.5 Å². The van der Waals surface area contributed by atoms with Crippen molar-refractivity contribution < 1.29 is 22.4 Å². The number of hydrogen-bond acceptors (Lipinski definition) is 4. The molecule has 0 bridgehead atoms. The van der Waals surface area contributed by atoms with Crippen LogP contribution in [0.5, 0.6) is 0 Å². The van der Waals surface area contributed by atoms with Gasteiger partial charge in [-0.3, -0.25) is 9.48 Å². The molecule has 0 saturated heterocycles. The van der Waals surface area contributed by atoms with Crippen molar-refractivity contribution in [2.75, 3.05) is 6.54 Å². The molecule has 0 saturated carbocycles. The van der Waals surface area contributed by atoms with Crippen LogP contribution in [0.25, 0.3) is 11.1 Å². The van der Waals surface area contributed by atoms with Crippen LogP contribution in [0.3, 0.4) is 0 Å². The molecular formula is C23H18F4N4OS. The summed E-state index contributed by atoms with van der Waals surface area (Å²) in [6, 6.07) is 6.22. The lowest BCUT2D eigenvalue weighted by molar-refractivity contribution is -0.141. The second kappa shape index (κ2) is 8.15. The summed E-state index contributed by atoms with van der Waals surface area (Å²) in [4.78, 5) is 15.1. The van der Waals surface area contributed by atoms with Crippen LogP contribution in [0.4, 0.5) is 17.6 Å². The van der Waals surface area contributed by atoms with Crippen molar-refractivity contribution in [3.63, 3.8) is 0 Å². The fraction of sp³-hybridized carbons (Fsp3) is 0.261. The molecule has 170 valence electrons. The number of rotatable bonds is 3. The van der Waals surface area contributed by atoms with Crippen molar-refractivity contribution in [3.8, 4) is 17.2 Å². The van der Waals surface area contributed by atoms with E-state index in [1.54, 1.807) is 13.0 Å². The molecule has 0 spiro atoms. The molecule has 0 fully saturated rings. The monoisotopic (exact) mass is 474 g/mol. The van der Waals surface area contributed by atoms with Gasteiger partial charge in [0.15, 0.2) is 5.69 Å². The molecule has 4 rings (SSSR count). The second-order valence-corrected chi connectivity index (χ2v) is 8.85. The van der Waals surface area contributed by atoms with Crippen molar-refractivity contribution in [2.24, 2.45) is 7.05 Å². The van der Waals surface area contributed by atoms with Gasteiger partial charge in [0.25, 0.3) is 0 Å². The first-order valence-electron chi connectivity index (χ1n) is 9.90. The van der Waals surface area contributed by atoms with Crippen LogP contribution in [-0.2, 0) is 24.6 Å². The number of nitriles is 1. The van der Waals surface area contributed by atoms with E-state index in [1.807, 2.05) is 0 Å². The van der Waals surface area contributed by atoms with Crippen LogP contribution < -0.4 is 0 Å². The van der Waals surface area contributed by atoms with Crippen molar-refractivity contribution in [3.05, 3.63) is 75.0 Å². The minimum absolute atomic E-state index is 0.109. The largest absolute Gasteiger partial charge is 0.435 e. The highest BCUT2D eigenvalue weighted by atomic mass is 32.1. The summed E-state index contributed by atoms with van der Waals surface area (Å²) < 4.78 is 57.4. The molecule has 0 unspecified atom stereocenters. The second-order valence-electron chi connectivity index (χ2n) is 7.75. The number of benzene rings is 1. The third-order valence-electron chi connectivity index (χ3n) is 5.73. The predicted octanol–water partition coefficient (Wildman–Crippen LogP) is 5.15. The molecule has 0 N–H and O–H groups in total. The molecule has 3 aromatic rings. The normalized spacial score (nSPS) is 15.8. The third-order valence-corrected chi connectivity index (χ3v) is 6.93. The quantitative estimate of drug-likeness (QED) is 0.390. The van der Waals surface area contributed by atoms with E-state index in [1.165, 1.54) is 29.4 Å². The number of carbonyl (C=O) groups excluding carboxylic acids is 1. The summed E-state index contributed by atoms with van der Waals surface area (Å²) in [6.07, 6.45) is -2.49. The van der Waals surface area contributed by atoms with E-state index >= 15 is 4.39 Å². The molecular weight excluding hydrogens is 456 g/mol. The Morgan fingerprint density at radius 2 is 2.12 bits per heavy atom. The van der Waals surface area contributed by atoms with Gasteiger partial charge >= 0.3 is 6.18 Å². The lowest BCUT2D eigenvalue weighted by Crippen LogP contribution is -2.37. The lowest BCUT2D eigenvalue weighted by atomic mass is 9.81. The smallest absolute Gasteiger partial charge is 0.333 e. The molecule has 1 atom stereocenters. The van der Waals surface area contributed by atoms with Gasteiger partial charge in [0.05, 0.1) is 6.54 Å². The Balaban J connectivity index is 1.99. The van der Waals surface area contributed by atoms with E-state index in [9.17, 15) is 23.2 Å².